The number of hydrogen-bond donors (Lipinski definition) is 0. The van der Waals surface area contributed by atoms with Crippen LogP contribution in [0.1, 0.15) is 13.8 Å². The van der Waals surface area contributed by atoms with Crippen LogP contribution in [-0.2, 0) is 6.54 Å². The van der Waals surface area contributed by atoms with Gasteiger partial charge in [-0.15, -0.1) is 11.8 Å². The highest BCUT2D eigenvalue weighted by Crippen LogP contribution is 2.14. The zero-order chi connectivity index (χ0) is 8.10. The fourth-order valence-corrected chi connectivity index (χ4v) is 1.56. The molecule has 1 rings (SSSR count). The highest BCUT2D eigenvalue weighted by atomic mass is 32.2. The van der Waals surface area contributed by atoms with Crippen LogP contribution in [0.2, 0.25) is 0 Å². The van der Waals surface area contributed by atoms with E-state index in [0.29, 0.717) is 0 Å². The Labute approximate surface area is 72.4 Å². The van der Waals surface area contributed by atoms with Crippen LogP contribution in [0.5, 0.6) is 0 Å². The number of pyridine rings is 1. The fraction of sp³-hybridized carbons (Fsp3) is 0.444. The van der Waals surface area contributed by atoms with Crippen LogP contribution in [0, 0.1) is 0 Å². The number of aryl methyl sites for hydroxylation is 1. The first kappa shape index (κ1) is 8.60. The lowest BCUT2D eigenvalue weighted by molar-refractivity contribution is -0.693. The maximum atomic E-state index is 2.17. The van der Waals surface area contributed by atoms with Crippen molar-refractivity contribution in [3.8, 4) is 0 Å². The summed E-state index contributed by atoms with van der Waals surface area (Å²) in [4.78, 5) is 1.36. The van der Waals surface area contributed by atoms with Gasteiger partial charge in [0, 0.05) is 17.0 Å². The van der Waals surface area contributed by atoms with Crippen molar-refractivity contribution in [2.75, 3.05) is 5.75 Å². The van der Waals surface area contributed by atoms with Gasteiger partial charge in [0.15, 0.2) is 12.4 Å². The Morgan fingerprint density at radius 1 is 1.27 bits per heavy atom. The lowest BCUT2D eigenvalue weighted by Crippen LogP contribution is -2.30. The molecule has 0 radical (unpaired) electrons. The zero-order valence-corrected chi connectivity index (χ0v) is 7.90. The molecule has 0 unspecified atom stereocenters. The molecule has 0 N–H and O–H groups in total. The van der Waals surface area contributed by atoms with E-state index in [2.05, 4.69) is 42.9 Å². The average Bonchev–Trinajstić information content (AvgIpc) is 2.07. The molecule has 1 heterocycles. The molecule has 0 amide bonds. The molecule has 0 saturated carbocycles. The van der Waals surface area contributed by atoms with Crippen LogP contribution in [0.25, 0.3) is 0 Å². The molecule has 0 atom stereocenters. The predicted octanol–water partition coefficient (Wildman–Crippen LogP) is 2.11. The summed E-state index contributed by atoms with van der Waals surface area (Å²) in [5.41, 5.74) is 0. The zero-order valence-electron chi connectivity index (χ0n) is 7.08. The molecule has 2 heteroatoms. The minimum atomic E-state index is 1.05. The summed E-state index contributed by atoms with van der Waals surface area (Å²) in [6, 6.07) is 4.33. The maximum absolute atomic E-state index is 2.17. The Morgan fingerprint density at radius 2 is 1.91 bits per heavy atom. The minimum Gasteiger partial charge on any atom is -0.205 e. The largest absolute Gasteiger partial charge is 0.205 e. The van der Waals surface area contributed by atoms with E-state index in [1.165, 1.54) is 4.90 Å². The van der Waals surface area contributed by atoms with Crippen molar-refractivity contribution in [3.63, 3.8) is 0 Å². The van der Waals surface area contributed by atoms with Gasteiger partial charge in [0.25, 0.3) is 0 Å². The lowest BCUT2D eigenvalue weighted by Gasteiger charge is -1.95. The van der Waals surface area contributed by atoms with Gasteiger partial charge in [0.1, 0.15) is 6.54 Å². The predicted molar refractivity (Wildman–Crippen MR) is 48.7 cm³/mol. The second-order valence-corrected chi connectivity index (χ2v) is 3.63. The van der Waals surface area contributed by atoms with Gasteiger partial charge in [-0.05, 0) is 12.7 Å². The van der Waals surface area contributed by atoms with E-state index >= 15 is 0 Å². The monoisotopic (exact) mass is 168 g/mol. The van der Waals surface area contributed by atoms with Crippen LogP contribution in [0.15, 0.2) is 29.4 Å². The molecule has 0 bridgehead atoms. The van der Waals surface area contributed by atoms with Crippen LogP contribution >= 0.6 is 11.8 Å². The number of rotatable bonds is 3. The maximum Gasteiger partial charge on any atom is 0.169 e. The van der Waals surface area contributed by atoms with Crippen molar-refractivity contribution in [3.05, 3.63) is 24.5 Å². The fourth-order valence-electron chi connectivity index (χ4n) is 0.917. The first-order valence-electron chi connectivity index (χ1n) is 3.98. The minimum absolute atomic E-state index is 1.05. The molecule has 0 aliphatic rings. The lowest BCUT2D eigenvalue weighted by atomic mass is 10.5. The third kappa shape index (κ3) is 2.54. The van der Waals surface area contributed by atoms with Crippen LogP contribution in [0.4, 0.5) is 0 Å². The summed E-state index contributed by atoms with van der Waals surface area (Å²) < 4.78 is 2.17. The molecule has 0 saturated heterocycles. The molecular formula is C9H14NS+. The van der Waals surface area contributed by atoms with Gasteiger partial charge in [0.2, 0.25) is 0 Å². The van der Waals surface area contributed by atoms with Crippen molar-refractivity contribution < 1.29 is 4.57 Å². The third-order valence-corrected chi connectivity index (χ3v) is 2.43. The van der Waals surface area contributed by atoms with E-state index < -0.39 is 0 Å². The van der Waals surface area contributed by atoms with Crippen LogP contribution < -0.4 is 4.57 Å². The van der Waals surface area contributed by atoms with Crippen molar-refractivity contribution in [2.24, 2.45) is 0 Å². The molecule has 0 aromatic carbocycles. The van der Waals surface area contributed by atoms with Gasteiger partial charge < -0.3 is 0 Å². The third-order valence-electron chi connectivity index (χ3n) is 1.54. The standard InChI is InChI=1S/C9H14NS/c1-3-10-7-5-9(6-8-10)11-4-2/h5-8H,3-4H2,1-2H3/q+1. The van der Waals surface area contributed by atoms with E-state index in [1.54, 1.807) is 0 Å². The smallest absolute Gasteiger partial charge is 0.169 e. The Hall–Kier alpha value is -0.500. The summed E-state index contributed by atoms with van der Waals surface area (Å²) in [5.74, 6) is 1.15. The summed E-state index contributed by atoms with van der Waals surface area (Å²) in [6.45, 7) is 5.37. The Morgan fingerprint density at radius 3 is 2.36 bits per heavy atom. The van der Waals surface area contributed by atoms with Crippen molar-refractivity contribution >= 4 is 11.8 Å². The Balaban J connectivity index is 2.66. The Kier molecular flexibility index (Phi) is 3.43. The molecule has 1 aromatic heterocycles. The average molecular weight is 168 g/mol. The summed E-state index contributed by atoms with van der Waals surface area (Å²) in [7, 11) is 0. The first-order chi connectivity index (χ1) is 5.36. The van der Waals surface area contributed by atoms with Crippen LogP contribution in [-0.4, -0.2) is 5.75 Å². The molecule has 0 aliphatic carbocycles. The number of aromatic nitrogens is 1. The molecule has 11 heavy (non-hydrogen) atoms. The molecular weight excluding hydrogens is 154 g/mol. The summed E-state index contributed by atoms with van der Waals surface area (Å²) >= 11 is 1.88. The number of thioether (sulfide) groups is 1. The second kappa shape index (κ2) is 4.39. The summed E-state index contributed by atoms with van der Waals surface area (Å²) in [5, 5.41) is 0. The van der Waals surface area contributed by atoms with E-state index in [4.69, 9.17) is 0 Å². The molecule has 1 nitrogen and oxygen atoms in total. The molecule has 0 spiro atoms. The van der Waals surface area contributed by atoms with Gasteiger partial charge in [-0.25, -0.2) is 4.57 Å². The van der Waals surface area contributed by atoms with Crippen LogP contribution in [0.3, 0.4) is 0 Å². The quantitative estimate of drug-likeness (QED) is 0.494. The number of hydrogen-bond acceptors (Lipinski definition) is 1. The van der Waals surface area contributed by atoms with Gasteiger partial charge in [-0.3, -0.25) is 0 Å². The topological polar surface area (TPSA) is 3.88 Å². The van der Waals surface area contributed by atoms with Gasteiger partial charge in [-0.1, -0.05) is 6.92 Å². The van der Waals surface area contributed by atoms with E-state index in [0.717, 1.165) is 12.3 Å². The second-order valence-electron chi connectivity index (χ2n) is 2.30. The van der Waals surface area contributed by atoms with E-state index in [9.17, 15) is 0 Å². The Bertz CT molecular complexity index is 205. The molecule has 0 fully saturated rings. The van der Waals surface area contributed by atoms with Crippen molar-refractivity contribution in [2.45, 2.75) is 25.3 Å². The first-order valence-corrected chi connectivity index (χ1v) is 4.97. The van der Waals surface area contributed by atoms with Crippen molar-refractivity contribution in [1.82, 2.24) is 0 Å². The van der Waals surface area contributed by atoms with E-state index in [1.807, 2.05) is 11.8 Å². The van der Waals surface area contributed by atoms with E-state index in [-0.39, 0.29) is 0 Å². The van der Waals surface area contributed by atoms with Gasteiger partial charge >= 0.3 is 0 Å². The molecule has 1 aromatic rings. The van der Waals surface area contributed by atoms with Gasteiger partial charge in [0.05, 0.1) is 0 Å². The number of nitrogens with zero attached hydrogens (tertiary/aromatic N) is 1. The summed E-state index contributed by atoms with van der Waals surface area (Å²) in [6.07, 6.45) is 4.25. The molecule has 60 valence electrons. The molecule has 0 aliphatic heterocycles. The normalized spacial score (nSPS) is 10.0. The van der Waals surface area contributed by atoms with Crippen molar-refractivity contribution in [1.29, 1.82) is 0 Å². The van der Waals surface area contributed by atoms with Gasteiger partial charge in [-0.2, -0.15) is 0 Å². The highest BCUT2D eigenvalue weighted by Gasteiger charge is 1.95. The highest BCUT2D eigenvalue weighted by molar-refractivity contribution is 7.99. The SMILES string of the molecule is CCSc1cc[n+](CC)cc1.